The van der Waals surface area contributed by atoms with Crippen molar-refractivity contribution in [2.24, 2.45) is 0 Å². The van der Waals surface area contributed by atoms with Crippen LogP contribution < -0.4 is 5.32 Å². The second kappa shape index (κ2) is 7.98. The van der Waals surface area contributed by atoms with Crippen LogP contribution in [0, 0.1) is 0 Å². The third kappa shape index (κ3) is 4.58. The predicted octanol–water partition coefficient (Wildman–Crippen LogP) is 0.519. The summed E-state index contributed by atoms with van der Waals surface area (Å²) in [6.45, 7) is 5.37. The summed E-state index contributed by atoms with van der Waals surface area (Å²) in [5.41, 5.74) is 0.434. The first-order chi connectivity index (χ1) is 11.3. The van der Waals surface area contributed by atoms with E-state index >= 15 is 0 Å². The molecule has 0 atom stereocenters. The molecule has 0 unspecified atom stereocenters. The van der Waals surface area contributed by atoms with Gasteiger partial charge in [-0.25, -0.2) is 0 Å². The van der Waals surface area contributed by atoms with E-state index in [0.717, 1.165) is 32.1 Å². The molecule has 0 aromatic carbocycles. The van der Waals surface area contributed by atoms with Crippen molar-refractivity contribution in [2.45, 2.75) is 12.5 Å². The van der Waals surface area contributed by atoms with Gasteiger partial charge in [-0.2, -0.15) is 0 Å². The minimum Gasteiger partial charge on any atom is -0.372 e. The lowest BCUT2D eigenvalue weighted by Gasteiger charge is -2.38. The zero-order valence-electron chi connectivity index (χ0n) is 13.2. The molecule has 1 aromatic rings. The van der Waals surface area contributed by atoms with E-state index in [4.69, 9.17) is 13.3 Å². The Labute approximate surface area is 137 Å². The predicted molar refractivity (Wildman–Crippen MR) is 86.0 cm³/mol. The number of hydrogen-bond donors (Lipinski definition) is 1. The molecular weight excluding hydrogens is 314 g/mol. The average molecular weight is 337 g/mol. The fourth-order valence-corrected chi connectivity index (χ4v) is 5.26. The lowest BCUT2D eigenvalue weighted by Crippen LogP contribution is -2.55. The van der Waals surface area contributed by atoms with Gasteiger partial charge in [0, 0.05) is 38.4 Å². The van der Waals surface area contributed by atoms with E-state index < -0.39 is 8.80 Å². The van der Waals surface area contributed by atoms with Gasteiger partial charge in [-0.3, -0.25) is 14.7 Å². The molecule has 3 aliphatic rings. The van der Waals surface area contributed by atoms with E-state index in [9.17, 15) is 4.79 Å². The van der Waals surface area contributed by atoms with Crippen LogP contribution in [-0.4, -0.2) is 70.6 Å². The minimum absolute atomic E-state index is 0.154. The van der Waals surface area contributed by atoms with Gasteiger partial charge < -0.3 is 18.6 Å². The number of fused-ring (bicyclic) bond motifs is 6. The average Bonchev–Trinajstić information content (AvgIpc) is 2.52. The molecule has 4 rings (SSSR count). The molecule has 0 saturated carbocycles. The first-order valence-electron chi connectivity index (χ1n) is 8.11. The second-order valence-corrected chi connectivity index (χ2v) is 8.38. The smallest absolute Gasteiger partial charge is 0.372 e. The van der Waals surface area contributed by atoms with Crippen molar-refractivity contribution < 1.29 is 18.1 Å². The van der Waals surface area contributed by atoms with Crippen LogP contribution in [0.1, 0.15) is 16.9 Å². The van der Waals surface area contributed by atoms with Crippen molar-refractivity contribution in [2.75, 3.05) is 46.0 Å². The molecule has 1 amide bonds. The summed E-state index contributed by atoms with van der Waals surface area (Å²) in [4.78, 5) is 18.3. The lowest BCUT2D eigenvalue weighted by atomic mass is 10.3. The fourth-order valence-electron chi connectivity index (χ4n) is 2.76. The monoisotopic (exact) mass is 337 g/mol. The topological polar surface area (TPSA) is 72.9 Å². The number of hydrogen-bond acceptors (Lipinski definition) is 6. The molecule has 4 heterocycles. The molecule has 0 spiro atoms. The molecule has 3 fully saturated rings. The van der Waals surface area contributed by atoms with Crippen molar-refractivity contribution in [3.8, 4) is 0 Å². The molecule has 126 valence electrons. The van der Waals surface area contributed by atoms with Crippen molar-refractivity contribution in [1.29, 1.82) is 0 Å². The third-order valence-corrected chi connectivity index (χ3v) is 6.93. The van der Waals surface area contributed by atoms with Gasteiger partial charge in [0.2, 0.25) is 0 Å². The van der Waals surface area contributed by atoms with E-state index in [1.807, 2.05) is 0 Å². The molecule has 3 saturated heterocycles. The largest absolute Gasteiger partial charge is 0.501 e. The molecule has 7 nitrogen and oxygen atoms in total. The lowest BCUT2D eigenvalue weighted by molar-refractivity contribution is -0.00851. The summed E-state index contributed by atoms with van der Waals surface area (Å²) in [5.74, 6) is -0.154. The Hall–Kier alpha value is -1.32. The van der Waals surface area contributed by atoms with Gasteiger partial charge in [-0.1, -0.05) is 6.07 Å². The Kier molecular flexibility index (Phi) is 5.73. The zero-order chi connectivity index (χ0) is 16.0. The number of nitrogens with one attached hydrogen (secondary N) is 1. The SMILES string of the molecule is O=C(NCCC[Si]12OCCN(CCO1)CCO2)c1ccccn1. The maximum atomic E-state index is 11.9. The Balaban J connectivity index is 1.46. The Morgan fingerprint density at radius 3 is 2.48 bits per heavy atom. The number of nitrogens with zero attached hydrogens (tertiary/aromatic N) is 2. The van der Waals surface area contributed by atoms with Crippen molar-refractivity contribution >= 4 is 14.7 Å². The summed E-state index contributed by atoms with van der Waals surface area (Å²) < 4.78 is 17.9. The first kappa shape index (κ1) is 16.5. The second-order valence-electron chi connectivity index (χ2n) is 5.64. The normalized spacial score (nSPS) is 27.7. The van der Waals surface area contributed by atoms with Crippen LogP contribution in [0.15, 0.2) is 24.4 Å². The van der Waals surface area contributed by atoms with Crippen molar-refractivity contribution in [3.05, 3.63) is 30.1 Å². The maximum Gasteiger partial charge on any atom is 0.501 e. The molecule has 23 heavy (non-hydrogen) atoms. The number of carbonyl (C=O) groups excluding carboxylic acids is 1. The highest BCUT2D eigenvalue weighted by atomic mass is 28.4. The molecule has 1 aromatic heterocycles. The van der Waals surface area contributed by atoms with Crippen LogP contribution in [0.2, 0.25) is 6.04 Å². The van der Waals surface area contributed by atoms with Crippen molar-refractivity contribution in [3.63, 3.8) is 0 Å². The number of rotatable bonds is 5. The Morgan fingerprint density at radius 1 is 1.17 bits per heavy atom. The van der Waals surface area contributed by atoms with Crippen LogP contribution in [0.25, 0.3) is 0 Å². The number of pyridine rings is 1. The maximum absolute atomic E-state index is 11.9. The van der Waals surface area contributed by atoms with Gasteiger partial charge in [-0.15, -0.1) is 0 Å². The van der Waals surface area contributed by atoms with Crippen LogP contribution in [0.4, 0.5) is 0 Å². The van der Waals surface area contributed by atoms with E-state index in [0.29, 0.717) is 32.1 Å². The summed E-state index contributed by atoms with van der Waals surface area (Å²) >= 11 is 0. The molecule has 2 bridgehead atoms. The van der Waals surface area contributed by atoms with Gasteiger partial charge in [-0.05, 0) is 18.6 Å². The van der Waals surface area contributed by atoms with Gasteiger partial charge in [0.25, 0.3) is 5.91 Å². The summed E-state index contributed by atoms with van der Waals surface area (Å²) in [5, 5.41) is 2.88. The number of carbonyl (C=O) groups is 1. The molecular formula is C15H23N3O4Si. The van der Waals surface area contributed by atoms with E-state index in [1.54, 1.807) is 24.4 Å². The van der Waals surface area contributed by atoms with E-state index in [2.05, 4.69) is 15.2 Å². The van der Waals surface area contributed by atoms with Crippen LogP contribution in [0.3, 0.4) is 0 Å². The number of aromatic nitrogens is 1. The summed E-state index contributed by atoms with van der Waals surface area (Å²) in [6.07, 6.45) is 2.39. The Morgan fingerprint density at radius 2 is 1.87 bits per heavy atom. The van der Waals surface area contributed by atoms with E-state index in [1.165, 1.54) is 0 Å². The van der Waals surface area contributed by atoms with Gasteiger partial charge in [0.1, 0.15) is 5.69 Å². The van der Waals surface area contributed by atoms with Gasteiger partial charge >= 0.3 is 8.80 Å². The van der Waals surface area contributed by atoms with E-state index in [-0.39, 0.29) is 5.91 Å². The minimum atomic E-state index is -2.57. The third-order valence-electron chi connectivity index (χ3n) is 4.03. The number of amides is 1. The highest BCUT2D eigenvalue weighted by Crippen LogP contribution is 2.21. The quantitative estimate of drug-likeness (QED) is 0.624. The highest BCUT2D eigenvalue weighted by Gasteiger charge is 2.43. The highest BCUT2D eigenvalue weighted by molar-refractivity contribution is 6.60. The zero-order valence-corrected chi connectivity index (χ0v) is 14.2. The molecule has 0 aliphatic carbocycles. The summed E-state index contributed by atoms with van der Waals surface area (Å²) in [7, 11) is -2.57. The molecule has 0 radical (unpaired) electrons. The summed E-state index contributed by atoms with van der Waals surface area (Å²) in [6, 6.07) is 6.02. The van der Waals surface area contributed by atoms with Gasteiger partial charge in [0.15, 0.2) is 0 Å². The van der Waals surface area contributed by atoms with Crippen LogP contribution >= 0.6 is 0 Å². The Bertz CT molecular complexity index is 490. The van der Waals surface area contributed by atoms with Crippen molar-refractivity contribution in [1.82, 2.24) is 15.2 Å². The molecule has 8 heteroatoms. The fraction of sp³-hybridized carbons (Fsp3) is 0.600. The van der Waals surface area contributed by atoms with Crippen LogP contribution in [0.5, 0.6) is 0 Å². The molecule has 1 N–H and O–H groups in total. The van der Waals surface area contributed by atoms with Gasteiger partial charge in [0.05, 0.1) is 19.8 Å². The molecule has 3 aliphatic heterocycles. The van der Waals surface area contributed by atoms with Crippen LogP contribution in [-0.2, 0) is 13.3 Å². The first-order valence-corrected chi connectivity index (χ1v) is 10.0. The standard InChI is InChI=1S/C15H23N3O4Si/c19-15(14-4-1-2-5-16-14)17-6-3-13-23-20-10-7-18(8-11-21-23)9-12-22-23/h1-2,4-5H,3,6-13H2,(H,17,19).